The summed E-state index contributed by atoms with van der Waals surface area (Å²) >= 11 is 1.75. The van der Waals surface area contributed by atoms with Crippen molar-refractivity contribution in [1.82, 2.24) is 10.6 Å². The minimum Gasteiger partial charge on any atom is -0.338 e. The van der Waals surface area contributed by atoms with Gasteiger partial charge in [0.25, 0.3) is 0 Å². The largest absolute Gasteiger partial charge is 0.342 e. The van der Waals surface area contributed by atoms with Crippen LogP contribution < -0.4 is 15.6 Å². The van der Waals surface area contributed by atoms with Gasteiger partial charge in [-0.2, -0.15) is 5.10 Å². The highest BCUT2D eigenvalue weighted by molar-refractivity contribution is 7.99. The van der Waals surface area contributed by atoms with Gasteiger partial charge in [0.1, 0.15) is 0 Å². The van der Waals surface area contributed by atoms with E-state index in [2.05, 4.69) is 50.2 Å². The van der Waals surface area contributed by atoms with Crippen LogP contribution >= 0.6 is 11.8 Å². The smallest absolute Gasteiger partial charge is 0.338 e. The zero-order valence-corrected chi connectivity index (χ0v) is 16.3. The lowest BCUT2D eigenvalue weighted by molar-refractivity contribution is 0.251. The van der Waals surface area contributed by atoms with Crippen molar-refractivity contribution in [2.45, 2.75) is 23.6 Å². The molecule has 1 aliphatic heterocycles. The Kier molecular flexibility index (Phi) is 5.03. The molecule has 1 aliphatic rings. The topological polar surface area (TPSA) is 82.8 Å². The molecule has 0 unspecified atom stereocenters. The van der Waals surface area contributed by atoms with Gasteiger partial charge in [-0.25, -0.2) is 10.2 Å². The molecule has 2 amide bonds. The number of hydrogen-bond acceptors (Lipinski definition) is 6. The Balaban J connectivity index is 1.43. The van der Waals surface area contributed by atoms with Crippen LogP contribution in [0.5, 0.6) is 0 Å². The Morgan fingerprint density at radius 1 is 1.14 bits per heavy atom. The Labute approximate surface area is 166 Å². The number of carbonyl (C=O) groups excluding carboxylic acids is 1. The molecular weight excluding hydrogens is 374 g/mol. The first-order valence-corrected chi connectivity index (χ1v) is 9.60. The molecule has 0 radical (unpaired) electrons. The van der Waals surface area contributed by atoms with E-state index >= 15 is 0 Å². The maximum atomic E-state index is 12.0. The maximum absolute atomic E-state index is 12.0. The fourth-order valence-electron chi connectivity index (χ4n) is 2.87. The predicted octanol–water partition coefficient (Wildman–Crippen LogP) is 4.70. The number of aromatic nitrogens is 1. The van der Waals surface area contributed by atoms with Gasteiger partial charge in [0, 0.05) is 21.6 Å². The maximum Gasteiger partial charge on any atom is 0.342 e. The van der Waals surface area contributed by atoms with Crippen LogP contribution in [0.2, 0.25) is 0 Å². The molecule has 0 saturated carbocycles. The molecule has 3 aromatic rings. The number of rotatable bonds is 4. The fraction of sp³-hybridized carbons (Fsp3) is 0.150. The van der Waals surface area contributed by atoms with Crippen LogP contribution in [0.25, 0.3) is 0 Å². The summed E-state index contributed by atoms with van der Waals surface area (Å²) in [4.78, 5) is 16.5. The summed E-state index contributed by atoms with van der Waals surface area (Å²) < 4.78 is 5.06. The molecule has 0 saturated heterocycles. The summed E-state index contributed by atoms with van der Waals surface area (Å²) in [5.74, 6) is 0.320. The normalized spacial score (nSPS) is 12.6. The summed E-state index contributed by atoms with van der Waals surface area (Å²) in [7, 11) is 0. The monoisotopic (exact) mass is 393 g/mol. The zero-order valence-electron chi connectivity index (χ0n) is 15.5. The van der Waals surface area contributed by atoms with Gasteiger partial charge in [0.15, 0.2) is 0 Å². The van der Waals surface area contributed by atoms with E-state index in [0.717, 1.165) is 22.6 Å². The number of carbonyl (C=O) groups is 1. The van der Waals surface area contributed by atoms with Gasteiger partial charge in [-0.15, -0.1) is 0 Å². The number of nitrogens with one attached hydrogen (secondary N) is 2. The van der Waals surface area contributed by atoms with Crippen LogP contribution in [0.15, 0.2) is 67.9 Å². The minimum atomic E-state index is -0.481. The van der Waals surface area contributed by atoms with Crippen molar-refractivity contribution < 1.29 is 9.32 Å². The highest BCUT2D eigenvalue weighted by Gasteiger charge is 2.21. The van der Waals surface area contributed by atoms with Crippen molar-refractivity contribution in [1.29, 1.82) is 0 Å². The highest BCUT2D eigenvalue weighted by atomic mass is 32.2. The average molecular weight is 393 g/mol. The first kappa shape index (κ1) is 18.1. The van der Waals surface area contributed by atoms with E-state index in [1.165, 1.54) is 9.79 Å². The standard InChI is InChI=1S/C20H19N5O2S/c1-13-14(2)24-27-19(13)22-20(26)23-21-11-12-25-15-7-3-5-9-17(15)28-18-10-6-4-8-16(18)25/h3-11H,12H2,1-2H3,(H2,22,23,26)/b21-11+. The summed E-state index contributed by atoms with van der Waals surface area (Å²) in [6.07, 6.45) is 1.67. The number of benzene rings is 2. The van der Waals surface area contributed by atoms with E-state index in [4.69, 9.17) is 4.52 Å². The number of amides is 2. The first-order chi connectivity index (χ1) is 13.6. The number of para-hydroxylation sites is 2. The second-order valence-corrected chi connectivity index (χ2v) is 7.33. The minimum absolute atomic E-state index is 0.320. The molecule has 2 N–H and O–H groups in total. The third kappa shape index (κ3) is 3.59. The van der Waals surface area contributed by atoms with Crippen LogP contribution in [-0.4, -0.2) is 23.9 Å². The molecule has 2 aromatic carbocycles. The van der Waals surface area contributed by atoms with Crippen LogP contribution in [0.1, 0.15) is 11.3 Å². The van der Waals surface area contributed by atoms with Crippen molar-refractivity contribution in [3.63, 3.8) is 0 Å². The number of urea groups is 1. The molecule has 0 atom stereocenters. The third-order valence-corrected chi connectivity index (χ3v) is 5.57. The van der Waals surface area contributed by atoms with E-state index < -0.39 is 6.03 Å². The van der Waals surface area contributed by atoms with Crippen molar-refractivity contribution in [2.24, 2.45) is 5.10 Å². The van der Waals surface area contributed by atoms with Crippen molar-refractivity contribution in [2.75, 3.05) is 16.8 Å². The number of anilines is 3. The lowest BCUT2D eigenvalue weighted by atomic mass is 10.2. The number of fused-ring (bicyclic) bond motifs is 2. The van der Waals surface area contributed by atoms with Gasteiger partial charge in [-0.3, -0.25) is 5.32 Å². The molecule has 8 heteroatoms. The Hall–Kier alpha value is -3.26. The van der Waals surface area contributed by atoms with Crippen LogP contribution in [0.4, 0.5) is 22.1 Å². The lowest BCUT2D eigenvalue weighted by Crippen LogP contribution is -2.27. The molecule has 0 fully saturated rings. The SMILES string of the molecule is Cc1noc(NC(=O)N/N=C/CN2c3ccccc3Sc3ccccc32)c1C. The first-order valence-electron chi connectivity index (χ1n) is 8.78. The fourth-order valence-corrected chi connectivity index (χ4v) is 3.96. The van der Waals surface area contributed by atoms with E-state index in [1.54, 1.807) is 18.0 Å². The van der Waals surface area contributed by atoms with Gasteiger partial charge < -0.3 is 9.42 Å². The Bertz CT molecular complexity index is 1000. The number of hydrogen-bond donors (Lipinski definition) is 2. The summed E-state index contributed by atoms with van der Waals surface area (Å²) in [5, 5.41) is 10.4. The third-order valence-electron chi connectivity index (χ3n) is 4.44. The second kappa shape index (κ2) is 7.77. The molecule has 0 bridgehead atoms. The molecule has 1 aromatic heterocycles. The molecular formula is C20H19N5O2S. The van der Waals surface area contributed by atoms with Gasteiger partial charge in [0.2, 0.25) is 5.88 Å². The predicted molar refractivity (Wildman–Crippen MR) is 111 cm³/mol. The van der Waals surface area contributed by atoms with Crippen LogP contribution in [-0.2, 0) is 0 Å². The van der Waals surface area contributed by atoms with Crippen LogP contribution in [0.3, 0.4) is 0 Å². The number of nitrogens with zero attached hydrogens (tertiary/aromatic N) is 3. The molecule has 0 spiro atoms. The molecule has 28 heavy (non-hydrogen) atoms. The van der Waals surface area contributed by atoms with Gasteiger partial charge in [0.05, 0.1) is 23.6 Å². The second-order valence-electron chi connectivity index (χ2n) is 6.25. The van der Waals surface area contributed by atoms with Crippen molar-refractivity contribution in [3.8, 4) is 0 Å². The zero-order chi connectivity index (χ0) is 19.5. The van der Waals surface area contributed by atoms with E-state index in [1.807, 2.05) is 38.1 Å². The summed E-state index contributed by atoms with van der Waals surface area (Å²) in [5.41, 5.74) is 6.22. The number of aryl methyl sites for hydroxylation is 1. The Morgan fingerprint density at radius 3 is 2.39 bits per heavy atom. The lowest BCUT2D eigenvalue weighted by Gasteiger charge is -2.31. The Morgan fingerprint density at radius 2 is 1.79 bits per heavy atom. The average Bonchev–Trinajstić information content (AvgIpc) is 3.02. The summed E-state index contributed by atoms with van der Waals surface area (Å²) in [6, 6.07) is 16.0. The highest BCUT2D eigenvalue weighted by Crippen LogP contribution is 2.47. The summed E-state index contributed by atoms with van der Waals surface area (Å²) in [6.45, 7) is 4.16. The molecule has 142 valence electrons. The van der Waals surface area contributed by atoms with Crippen molar-refractivity contribution >= 4 is 41.3 Å². The van der Waals surface area contributed by atoms with Gasteiger partial charge in [-0.05, 0) is 38.1 Å². The van der Waals surface area contributed by atoms with Crippen LogP contribution in [0, 0.1) is 13.8 Å². The quantitative estimate of drug-likeness (QED) is 0.496. The van der Waals surface area contributed by atoms with E-state index in [0.29, 0.717) is 12.4 Å². The van der Waals surface area contributed by atoms with E-state index in [-0.39, 0.29) is 0 Å². The van der Waals surface area contributed by atoms with Gasteiger partial charge >= 0.3 is 6.03 Å². The van der Waals surface area contributed by atoms with Crippen molar-refractivity contribution in [3.05, 3.63) is 59.8 Å². The molecule has 4 rings (SSSR count). The van der Waals surface area contributed by atoms with Gasteiger partial charge in [-0.1, -0.05) is 41.2 Å². The van der Waals surface area contributed by atoms with E-state index in [9.17, 15) is 4.79 Å². The molecule has 7 nitrogen and oxygen atoms in total. The number of hydrazone groups is 1. The molecule has 0 aliphatic carbocycles. The molecule has 2 heterocycles.